The summed E-state index contributed by atoms with van der Waals surface area (Å²) in [5, 5.41) is 4.46. The molecule has 0 atom stereocenters. The first kappa shape index (κ1) is 19.5. The summed E-state index contributed by atoms with van der Waals surface area (Å²) in [6, 6.07) is 11.8. The monoisotopic (exact) mass is 355 g/mol. The van der Waals surface area contributed by atoms with Crippen molar-refractivity contribution in [2.45, 2.75) is 19.8 Å². The van der Waals surface area contributed by atoms with Gasteiger partial charge in [-0.1, -0.05) is 25.5 Å². The van der Waals surface area contributed by atoms with Crippen LogP contribution < -0.4 is 0 Å². The summed E-state index contributed by atoms with van der Waals surface area (Å²) in [5.41, 5.74) is 2.73. The first-order valence-electron chi connectivity index (χ1n) is 7.05. The van der Waals surface area contributed by atoms with Crippen molar-refractivity contribution in [2.24, 2.45) is 9.98 Å². The van der Waals surface area contributed by atoms with Gasteiger partial charge in [-0.05, 0) is 66.8 Å². The van der Waals surface area contributed by atoms with Gasteiger partial charge in [0.25, 0.3) is 0 Å². The summed E-state index contributed by atoms with van der Waals surface area (Å²) in [5.74, 6) is -0.493. The quantitative estimate of drug-likeness (QED) is 0.356. The maximum Gasteiger partial charge on any atom is 0.192 e. The zero-order valence-electron chi connectivity index (χ0n) is 13.0. The number of hydrogen-bond donors (Lipinski definition) is 0. The molecule has 0 unspecified atom stereocenters. The van der Waals surface area contributed by atoms with Gasteiger partial charge in [-0.25, -0.2) is 9.24 Å². The highest BCUT2D eigenvalue weighted by Gasteiger charge is 1.97. The smallest absolute Gasteiger partial charge is 0.192 e. The third-order valence-corrected chi connectivity index (χ3v) is 2.98. The minimum atomic E-state index is -0.493. The molecule has 120 valence electrons. The Morgan fingerprint density at radius 3 is 2.42 bits per heavy atom. The third-order valence-electron chi connectivity index (χ3n) is 2.80. The van der Waals surface area contributed by atoms with E-state index in [1.807, 2.05) is 18.2 Å². The highest BCUT2D eigenvalue weighted by Crippen LogP contribution is 2.22. The standard InChI is InChI=1S/C10H11NS.C8H3FN2S/c1-2-4-9-5-3-6-10(7-9)11-8-12;1-10-7-2-6(9)3-8(4-7)11-5-12/h3,5-7H,2,4H2,1H3;2-4H. The van der Waals surface area contributed by atoms with Gasteiger partial charge in [-0.2, -0.15) is 9.98 Å². The Labute approximate surface area is 151 Å². The first-order chi connectivity index (χ1) is 11.6. The third kappa shape index (κ3) is 7.15. The SMILES string of the molecule is CCCc1cccc(N=C=S)c1.[C-]#[N+]c1cc(F)cc(N=C=S)c1. The molecule has 0 saturated carbocycles. The minimum Gasteiger partial charge on any atom is -0.238 e. The Hall–Kier alpha value is -2.54. The summed E-state index contributed by atoms with van der Waals surface area (Å²) in [6.45, 7) is 8.80. The van der Waals surface area contributed by atoms with E-state index in [2.05, 4.69) is 62.6 Å². The van der Waals surface area contributed by atoms with Crippen molar-refractivity contribution in [1.29, 1.82) is 0 Å². The largest absolute Gasteiger partial charge is 0.238 e. The number of thiocarbonyl (C=S) groups is 2. The Bertz CT molecular complexity index is 830. The predicted octanol–water partition coefficient (Wildman–Crippen LogP) is 6.48. The highest BCUT2D eigenvalue weighted by atomic mass is 32.1. The van der Waals surface area contributed by atoms with Crippen LogP contribution in [-0.4, -0.2) is 10.3 Å². The van der Waals surface area contributed by atoms with Gasteiger partial charge in [0.1, 0.15) is 5.82 Å². The molecule has 0 aliphatic heterocycles. The van der Waals surface area contributed by atoms with Gasteiger partial charge in [0.2, 0.25) is 0 Å². The van der Waals surface area contributed by atoms with Crippen LogP contribution in [0.1, 0.15) is 18.9 Å². The Balaban J connectivity index is 0.000000240. The van der Waals surface area contributed by atoms with E-state index in [1.165, 1.54) is 17.7 Å². The molecule has 0 radical (unpaired) electrons. The molecule has 0 spiro atoms. The maximum absolute atomic E-state index is 12.7. The lowest BCUT2D eigenvalue weighted by molar-refractivity contribution is 0.629. The molecule has 2 aromatic carbocycles. The van der Waals surface area contributed by atoms with Gasteiger partial charge < -0.3 is 0 Å². The van der Waals surface area contributed by atoms with E-state index >= 15 is 0 Å². The van der Waals surface area contributed by atoms with Crippen LogP contribution in [0.2, 0.25) is 0 Å². The lowest BCUT2D eigenvalue weighted by Gasteiger charge is -1.97. The average molecular weight is 355 g/mol. The Morgan fingerprint density at radius 2 is 1.79 bits per heavy atom. The Kier molecular flexibility index (Phi) is 8.99. The number of rotatable bonds is 4. The highest BCUT2D eigenvalue weighted by molar-refractivity contribution is 7.78. The minimum absolute atomic E-state index is 0.207. The molecular weight excluding hydrogens is 341 g/mol. The van der Waals surface area contributed by atoms with E-state index in [9.17, 15) is 4.39 Å². The first-order valence-corrected chi connectivity index (χ1v) is 7.87. The Morgan fingerprint density at radius 1 is 1.08 bits per heavy atom. The summed E-state index contributed by atoms with van der Waals surface area (Å²) >= 11 is 8.87. The van der Waals surface area contributed by atoms with E-state index in [1.54, 1.807) is 0 Å². The van der Waals surface area contributed by atoms with Crippen molar-refractivity contribution < 1.29 is 4.39 Å². The molecule has 0 aromatic heterocycles. The second kappa shape index (κ2) is 11.1. The van der Waals surface area contributed by atoms with Crippen LogP contribution in [0.3, 0.4) is 0 Å². The molecule has 6 heteroatoms. The fourth-order valence-corrected chi connectivity index (χ4v) is 2.07. The predicted molar refractivity (Wildman–Crippen MR) is 102 cm³/mol. The topological polar surface area (TPSA) is 29.1 Å². The molecule has 0 saturated heterocycles. The summed E-state index contributed by atoms with van der Waals surface area (Å²) in [4.78, 5) is 10.5. The second-order valence-corrected chi connectivity index (χ2v) is 4.97. The zero-order valence-corrected chi connectivity index (χ0v) is 14.6. The molecule has 0 aliphatic rings. The van der Waals surface area contributed by atoms with Crippen molar-refractivity contribution in [3.05, 3.63) is 65.3 Å². The average Bonchev–Trinajstić information content (AvgIpc) is 2.56. The molecule has 0 amide bonds. The van der Waals surface area contributed by atoms with Crippen molar-refractivity contribution in [1.82, 2.24) is 0 Å². The fraction of sp³-hybridized carbons (Fsp3) is 0.167. The van der Waals surface area contributed by atoms with Crippen LogP contribution in [0.5, 0.6) is 0 Å². The van der Waals surface area contributed by atoms with E-state index in [4.69, 9.17) is 6.57 Å². The summed E-state index contributed by atoms with van der Waals surface area (Å²) in [6.07, 6.45) is 2.26. The molecule has 2 aromatic rings. The van der Waals surface area contributed by atoms with Gasteiger partial charge in [-0.3, -0.25) is 0 Å². The van der Waals surface area contributed by atoms with E-state index in [-0.39, 0.29) is 5.69 Å². The number of benzene rings is 2. The van der Waals surface area contributed by atoms with E-state index < -0.39 is 5.82 Å². The number of halogens is 1. The van der Waals surface area contributed by atoms with Crippen LogP contribution in [-0.2, 0) is 6.42 Å². The lowest BCUT2D eigenvalue weighted by Crippen LogP contribution is -1.80. The number of nitrogens with zero attached hydrogens (tertiary/aromatic N) is 3. The van der Waals surface area contributed by atoms with Crippen LogP contribution in [0, 0.1) is 12.4 Å². The van der Waals surface area contributed by atoms with Crippen LogP contribution in [0.25, 0.3) is 4.85 Å². The summed E-state index contributed by atoms with van der Waals surface area (Å²) < 4.78 is 12.7. The molecule has 24 heavy (non-hydrogen) atoms. The van der Waals surface area contributed by atoms with Gasteiger partial charge in [0.15, 0.2) is 5.69 Å². The van der Waals surface area contributed by atoms with E-state index in [0.29, 0.717) is 5.69 Å². The van der Waals surface area contributed by atoms with Crippen molar-refractivity contribution in [3.63, 3.8) is 0 Å². The number of aliphatic imine (C=N–C) groups is 2. The van der Waals surface area contributed by atoms with E-state index in [0.717, 1.165) is 24.6 Å². The number of isothiocyanates is 2. The molecule has 3 nitrogen and oxygen atoms in total. The molecule has 2 rings (SSSR count). The van der Waals surface area contributed by atoms with Gasteiger partial charge in [0, 0.05) is 0 Å². The molecular formula is C18H14FN3S2. The molecule has 0 N–H and O–H groups in total. The van der Waals surface area contributed by atoms with Gasteiger partial charge in [-0.15, -0.1) is 0 Å². The van der Waals surface area contributed by atoms with Crippen molar-refractivity contribution >= 4 is 51.8 Å². The van der Waals surface area contributed by atoms with Gasteiger partial charge in [0.05, 0.1) is 28.3 Å². The molecule has 0 aliphatic carbocycles. The second-order valence-electron chi connectivity index (χ2n) is 4.61. The maximum atomic E-state index is 12.7. The van der Waals surface area contributed by atoms with Crippen molar-refractivity contribution in [2.75, 3.05) is 0 Å². The molecule has 0 bridgehead atoms. The van der Waals surface area contributed by atoms with Crippen molar-refractivity contribution in [3.8, 4) is 0 Å². The van der Waals surface area contributed by atoms with Crippen LogP contribution in [0.15, 0.2) is 52.4 Å². The normalized spacial score (nSPS) is 8.71. The van der Waals surface area contributed by atoms with Crippen LogP contribution >= 0.6 is 24.4 Å². The number of aryl methyl sites for hydroxylation is 1. The molecule has 0 fully saturated rings. The fourth-order valence-electron chi connectivity index (χ4n) is 1.86. The lowest BCUT2D eigenvalue weighted by atomic mass is 10.1. The molecule has 0 heterocycles. The van der Waals surface area contributed by atoms with Crippen LogP contribution in [0.4, 0.5) is 21.5 Å². The summed E-state index contributed by atoms with van der Waals surface area (Å²) in [7, 11) is 0. The zero-order chi connectivity index (χ0) is 17.8. The number of hydrogen-bond acceptors (Lipinski definition) is 4. The van der Waals surface area contributed by atoms with Gasteiger partial charge >= 0.3 is 0 Å².